The van der Waals surface area contributed by atoms with Crippen LogP contribution in [0.15, 0.2) is 30.3 Å². The minimum atomic E-state index is -0.487. The van der Waals surface area contributed by atoms with Crippen LogP contribution in [0.2, 0.25) is 10.0 Å². The van der Waals surface area contributed by atoms with E-state index in [1.807, 2.05) is 0 Å². The Balaban J connectivity index is 2.14. The Kier molecular flexibility index (Phi) is 4.27. The normalized spacial score (nSPS) is 10.6. The average molecular weight is 302 g/mol. The number of benzene rings is 2. The molecule has 0 aliphatic rings. The van der Waals surface area contributed by atoms with Crippen molar-refractivity contribution in [2.24, 2.45) is 0 Å². The van der Waals surface area contributed by atoms with Crippen LogP contribution in [-0.2, 0) is 6.54 Å². The third-order valence-corrected chi connectivity index (χ3v) is 3.45. The van der Waals surface area contributed by atoms with E-state index in [0.29, 0.717) is 16.6 Å². The maximum Gasteiger partial charge on any atom is 0.146 e. The summed E-state index contributed by atoms with van der Waals surface area (Å²) in [7, 11) is 0. The van der Waals surface area contributed by atoms with Crippen LogP contribution in [0.4, 0.5) is 14.5 Å². The Bertz CT molecular complexity index is 615. The fraction of sp³-hybridized carbons (Fsp3) is 0.143. The highest BCUT2D eigenvalue weighted by Gasteiger charge is 2.07. The third-order valence-electron chi connectivity index (χ3n) is 2.72. The van der Waals surface area contributed by atoms with Gasteiger partial charge in [-0.3, -0.25) is 0 Å². The summed E-state index contributed by atoms with van der Waals surface area (Å²) in [6.45, 7) is 1.84. The molecule has 0 spiro atoms. The first kappa shape index (κ1) is 14.1. The van der Waals surface area contributed by atoms with Crippen LogP contribution < -0.4 is 5.32 Å². The standard InChI is InChI=1S/C14H11Cl2F2N/c1-8-4-13(18)14(6-12(8)17)19-7-9-2-3-10(15)11(16)5-9/h2-6,19H,7H2,1H3. The molecule has 0 atom stereocenters. The van der Waals surface area contributed by atoms with Gasteiger partial charge in [-0.25, -0.2) is 8.78 Å². The van der Waals surface area contributed by atoms with Gasteiger partial charge >= 0.3 is 0 Å². The Labute approximate surface area is 120 Å². The molecule has 1 nitrogen and oxygen atoms in total. The molecule has 1 N–H and O–H groups in total. The molecule has 100 valence electrons. The van der Waals surface area contributed by atoms with Gasteiger partial charge in [0.15, 0.2) is 0 Å². The van der Waals surface area contributed by atoms with E-state index in [-0.39, 0.29) is 11.3 Å². The van der Waals surface area contributed by atoms with Crippen LogP contribution in [0.1, 0.15) is 11.1 Å². The van der Waals surface area contributed by atoms with Crippen molar-refractivity contribution in [2.75, 3.05) is 5.32 Å². The quantitative estimate of drug-likeness (QED) is 0.822. The average Bonchev–Trinajstić information content (AvgIpc) is 2.36. The van der Waals surface area contributed by atoms with E-state index >= 15 is 0 Å². The monoisotopic (exact) mass is 301 g/mol. The van der Waals surface area contributed by atoms with E-state index in [0.717, 1.165) is 17.7 Å². The number of anilines is 1. The maximum absolute atomic E-state index is 13.6. The summed E-state index contributed by atoms with van der Waals surface area (Å²) in [4.78, 5) is 0. The van der Waals surface area contributed by atoms with Crippen LogP contribution >= 0.6 is 23.2 Å². The van der Waals surface area contributed by atoms with Gasteiger partial charge in [0.1, 0.15) is 11.6 Å². The first-order valence-corrected chi connectivity index (χ1v) is 6.36. The molecule has 0 amide bonds. The molecule has 0 bridgehead atoms. The zero-order valence-electron chi connectivity index (χ0n) is 10.1. The van der Waals surface area contributed by atoms with Crippen molar-refractivity contribution >= 4 is 28.9 Å². The zero-order chi connectivity index (χ0) is 14.0. The predicted molar refractivity (Wildman–Crippen MR) is 74.9 cm³/mol. The molecule has 0 unspecified atom stereocenters. The molecule has 5 heteroatoms. The summed E-state index contributed by atoms with van der Waals surface area (Å²) in [5.41, 5.74) is 1.22. The lowest BCUT2D eigenvalue weighted by Gasteiger charge is -2.09. The molecule has 19 heavy (non-hydrogen) atoms. The number of hydrogen-bond donors (Lipinski definition) is 1. The number of halogens is 4. The van der Waals surface area contributed by atoms with Crippen molar-refractivity contribution in [3.8, 4) is 0 Å². The third kappa shape index (κ3) is 3.37. The molecular formula is C14H11Cl2F2N. The van der Waals surface area contributed by atoms with Crippen LogP contribution in [0.5, 0.6) is 0 Å². The largest absolute Gasteiger partial charge is 0.379 e. The second-order valence-corrected chi connectivity index (χ2v) is 5.00. The Morgan fingerprint density at radius 2 is 1.74 bits per heavy atom. The maximum atomic E-state index is 13.6. The molecule has 2 rings (SSSR count). The van der Waals surface area contributed by atoms with Crippen LogP contribution in [-0.4, -0.2) is 0 Å². The summed E-state index contributed by atoms with van der Waals surface area (Å²) in [6, 6.07) is 7.41. The first-order chi connectivity index (χ1) is 8.97. The molecule has 0 aromatic heterocycles. The molecule has 0 heterocycles. The minimum Gasteiger partial charge on any atom is -0.379 e. The number of rotatable bonds is 3. The highest BCUT2D eigenvalue weighted by Crippen LogP contribution is 2.24. The van der Waals surface area contributed by atoms with Gasteiger partial charge in [0, 0.05) is 12.6 Å². The summed E-state index contributed by atoms with van der Waals surface area (Å²) >= 11 is 11.7. The number of hydrogen-bond acceptors (Lipinski definition) is 1. The summed E-state index contributed by atoms with van der Waals surface area (Å²) in [5.74, 6) is -0.933. The van der Waals surface area contributed by atoms with Crippen molar-refractivity contribution < 1.29 is 8.78 Å². The second kappa shape index (κ2) is 5.76. The zero-order valence-corrected chi connectivity index (χ0v) is 11.6. The van der Waals surface area contributed by atoms with Gasteiger partial charge in [-0.2, -0.15) is 0 Å². The van der Waals surface area contributed by atoms with Gasteiger partial charge in [-0.05, 0) is 36.2 Å². The molecule has 0 aliphatic heterocycles. The Hall–Kier alpha value is -1.32. The van der Waals surface area contributed by atoms with Crippen molar-refractivity contribution in [1.82, 2.24) is 0 Å². The van der Waals surface area contributed by atoms with E-state index in [1.165, 1.54) is 6.92 Å². The molecule has 0 saturated heterocycles. The number of nitrogens with one attached hydrogen (secondary N) is 1. The molecule has 0 saturated carbocycles. The lowest BCUT2D eigenvalue weighted by atomic mass is 10.2. The van der Waals surface area contributed by atoms with Crippen LogP contribution in [0, 0.1) is 18.6 Å². The molecule has 0 aliphatic carbocycles. The lowest BCUT2D eigenvalue weighted by Crippen LogP contribution is -2.02. The van der Waals surface area contributed by atoms with Crippen LogP contribution in [0.25, 0.3) is 0 Å². The molecule has 2 aromatic rings. The summed E-state index contributed by atoms with van der Waals surface area (Å²) < 4.78 is 27.0. The Morgan fingerprint density at radius 3 is 2.42 bits per heavy atom. The van der Waals surface area contributed by atoms with E-state index < -0.39 is 11.6 Å². The highest BCUT2D eigenvalue weighted by atomic mass is 35.5. The summed E-state index contributed by atoms with van der Waals surface area (Å²) in [5, 5.41) is 3.71. The van der Waals surface area contributed by atoms with Gasteiger partial charge in [0.05, 0.1) is 15.7 Å². The second-order valence-electron chi connectivity index (χ2n) is 4.18. The van der Waals surface area contributed by atoms with Crippen molar-refractivity contribution in [3.63, 3.8) is 0 Å². The fourth-order valence-corrected chi connectivity index (χ4v) is 1.95. The van der Waals surface area contributed by atoms with E-state index in [4.69, 9.17) is 23.2 Å². The van der Waals surface area contributed by atoms with Gasteiger partial charge in [-0.15, -0.1) is 0 Å². The SMILES string of the molecule is Cc1cc(F)c(NCc2ccc(Cl)c(Cl)c2)cc1F. The molecule has 0 radical (unpaired) electrons. The first-order valence-electron chi connectivity index (χ1n) is 5.61. The van der Waals surface area contributed by atoms with Gasteiger partial charge in [-0.1, -0.05) is 29.3 Å². The lowest BCUT2D eigenvalue weighted by molar-refractivity contribution is 0.594. The summed E-state index contributed by atoms with van der Waals surface area (Å²) in [6.07, 6.45) is 0. The van der Waals surface area contributed by atoms with Crippen molar-refractivity contribution in [1.29, 1.82) is 0 Å². The molecule has 2 aromatic carbocycles. The van der Waals surface area contributed by atoms with E-state index in [9.17, 15) is 8.78 Å². The number of aryl methyl sites for hydroxylation is 1. The highest BCUT2D eigenvalue weighted by molar-refractivity contribution is 6.42. The predicted octanol–water partition coefficient (Wildman–Crippen LogP) is 5.19. The molecular weight excluding hydrogens is 291 g/mol. The van der Waals surface area contributed by atoms with Gasteiger partial charge < -0.3 is 5.32 Å². The smallest absolute Gasteiger partial charge is 0.146 e. The topological polar surface area (TPSA) is 12.0 Å². The van der Waals surface area contributed by atoms with E-state index in [1.54, 1.807) is 18.2 Å². The Morgan fingerprint density at radius 1 is 1.00 bits per heavy atom. The van der Waals surface area contributed by atoms with Crippen LogP contribution in [0.3, 0.4) is 0 Å². The van der Waals surface area contributed by atoms with Gasteiger partial charge in [0.2, 0.25) is 0 Å². The molecule has 0 fully saturated rings. The van der Waals surface area contributed by atoms with Gasteiger partial charge in [0.25, 0.3) is 0 Å². The van der Waals surface area contributed by atoms with Crippen molar-refractivity contribution in [2.45, 2.75) is 13.5 Å². The van der Waals surface area contributed by atoms with E-state index in [2.05, 4.69) is 5.32 Å². The fourth-order valence-electron chi connectivity index (χ4n) is 1.63. The van der Waals surface area contributed by atoms with Crippen molar-refractivity contribution in [3.05, 3.63) is 63.1 Å². The minimum absolute atomic E-state index is 0.120.